The molecule has 0 bridgehead atoms. The van der Waals surface area contributed by atoms with Gasteiger partial charge >= 0.3 is 0 Å². The van der Waals surface area contributed by atoms with Crippen molar-refractivity contribution in [2.24, 2.45) is 0 Å². The number of aryl methyl sites for hydroxylation is 1. The average molecular weight is 271 g/mol. The van der Waals surface area contributed by atoms with Crippen LogP contribution in [0, 0.1) is 12.7 Å². The lowest BCUT2D eigenvalue weighted by molar-refractivity contribution is 0.620. The SMILES string of the molecule is Cc1csc(CNCc2cc(F)cc(Cl)c2)n1. The van der Waals surface area contributed by atoms with E-state index in [2.05, 4.69) is 10.3 Å². The van der Waals surface area contributed by atoms with Crippen molar-refractivity contribution < 1.29 is 4.39 Å². The zero-order valence-electron chi connectivity index (χ0n) is 9.34. The van der Waals surface area contributed by atoms with E-state index >= 15 is 0 Å². The summed E-state index contributed by atoms with van der Waals surface area (Å²) in [5, 5.41) is 6.67. The Kier molecular flexibility index (Phi) is 4.10. The summed E-state index contributed by atoms with van der Waals surface area (Å²) in [6.07, 6.45) is 0. The van der Waals surface area contributed by atoms with Gasteiger partial charge in [-0.15, -0.1) is 11.3 Å². The predicted molar refractivity (Wildman–Crippen MR) is 68.8 cm³/mol. The van der Waals surface area contributed by atoms with Gasteiger partial charge in [0.1, 0.15) is 10.8 Å². The summed E-state index contributed by atoms with van der Waals surface area (Å²) in [5.41, 5.74) is 1.86. The minimum Gasteiger partial charge on any atom is -0.306 e. The maximum Gasteiger partial charge on any atom is 0.125 e. The van der Waals surface area contributed by atoms with Gasteiger partial charge in [-0.1, -0.05) is 11.6 Å². The lowest BCUT2D eigenvalue weighted by atomic mass is 10.2. The molecule has 0 atom stereocenters. The van der Waals surface area contributed by atoms with E-state index in [1.54, 1.807) is 17.4 Å². The van der Waals surface area contributed by atoms with Gasteiger partial charge in [-0.05, 0) is 30.7 Å². The summed E-state index contributed by atoms with van der Waals surface area (Å²) in [6.45, 7) is 3.23. The van der Waals surface area contributed by atoms with Crippen LogP contribution in [0.4, 0.5) is 4.39 Å². The van der Waals surface area contributed by atoms with Crippen LogP contribution in [-0.4, -0.2) is 4.98 Å². The molecule has 0 aliphatic heterocycles. The Morgan fingerprint density at radius 3 is 2.82 bits per heavy atom. The van der Waals surface area contributed by atoms with E-state index in [1.807, 2.05) is 12.3 Å². The molecule has 1 aromatic heterocycles. The summed E-state index contributed by atoms with van der Waals surface area (Å²) < 4.78 is 13.1. The van der Waals surface area contributed by atoms with E-state index in [0.29, 0.717) is 18.1 Å². The van der Waals surface area contributed by atoms with Crippen LogP contribution < -0.4 is 5.32 Å². The van der Waals surface area contributed by atoms with Crippen LogP contribution in [0.1, 0.15) is 16.3 Å². The second-order valence-corrected chi connectivity index (χ2v) is 5.14. The third-order valence-corrected chi connectivity index (χ3v) is 3.38. The molecule has 0 aliphatic rings. The third kappa shape index (κ3) is 3.77. The van der Waals surface area contributed by atoms with Crippen LogP contribution in [0.5, 0.6) is 0 Å². The van der Waals surface area contributed by atoms with Gasteiger partial charge in [-0.3, -0.25) is 0 Å². The molecule has 1 aromatic carbocycles. The highest BCUT2D eigenvalue weighted by molar-refractivity contribution is 7.09. The summed E-state index contributed by atoms with van der Waals surface area (Å²) in [6, 6.07) is 4.53. The van der Waals surface area contributed by atoms with Crippen LogP contribution in [0.3, 0.4) is 0 Å². The third-order valence-electron chi connectivity index (χ3n) is 2.19. The van der Waals surface area contributed by atoms with E-state index in [0.717, 1.165) is 16.3 Å². The Bertz CT molecular complexity index is 493. The first-order valence-electron chi connectivity index (χ1n) is 5.20. The standard InChI is InChI=1S/C12H12ClFN2S/c1-8-7-17-12(16-8)6-15-5-9-2-10(13)4-11(14)3-9/h2-4,7,15H,5-6H2,1H3. The summed E-state index contributed by atoms with van der Waals surface area (Å²) in [4.78, 5) is 4.33. The topological polar surface area (TPSA) is 24.9 Å². The number of halogens is 2. The van der Waals surface area contributed by atoms with E-state index in [9.17, 15) is 4.39 Å². The lowest BCUT2D eigenvalue weighted by Gasteiger charge is -2.04. The molecule has 0 saturated heterocycles. The second-order valence-electron chi connectivity index (χ2n) is 3.76. The molecule has 0 amide bonds. The Morgan fingerprint density at radius 1 is 1.35 bits per heavy atom. The number of aromatic nitrogens is 1. The number of nitrogens with zero attached hydrogens (tertiary/aromatic N) is 1. The van der Waals surface area contributed by atoms with Crippen molar-refractivity contribution in [1.29, 1.82) is 0 Å². The quantitative estimate of drug-likeness (QED) is 0.919. The fraction of sp³-hybridized carbons (Fsp3) is 0.250. The molecule has 0 aliphatic carbocycles. The molecule has 1 heterocycles. The van der Waals surface area contributed by atoms with Gasteiger partial charge in [-0.2, -0.15) is 0 Å². The van der Waals surface area contributed by atoms with Crippen molar-refractivity contribution in [2.75, 3.05) is 0 Å². The van der Waals surface area contributed by atoms with Gasteiger partial charge in [0.2, 0.25) is 0 Å². The van der Waals surface area contributed by atoms with Crippen LogP contribution in [-0.2, 0) is 13.1 Å². The summed E-state index contributed by atoms with van der Waals surface area (Å²) in [7, 11) is 0. The van der Waals surface area contributed by atoms with Crippen molar-refractivity contribution >= 4 is 22.9 Å². The first kappa shape index (κ1) is 12.5. The molecule has 90 valence electrons. The average Bonchev–Trinajstić information content (AvgIpc) is 2.63. The molecule has 0 saturated carbocycles. The monoisotopic (exact) mass is 270 g/mol. The molecule has 2 aromatic rings. The highest BCUT2D eigenvalue weighted by Gasteiger charge is 2.01. The Labute approximate surface area is 108 Å². The van der Waals surface area contributed by atoms with Crippen molar-refractivity contribution in [3.8, 4) is 0 Å². The van der Waals surface area contributed by atoms with Crippen LogP contribution in [0.25, 0.3) is 0 Å². The number of hydrogen-bond acceptors (Lipinski definition) is 3. The maximum atomic E-state index is 13.1. The van der Waals surface area contributed by atoms with Crippen molar-refractivity contribution in [3.05, 3.63) is 50.7 Å². The largest absolute Gasteiger partial charge is 0.306 e. The maximum absolute atomic E-state index is 13.1. The zero-order valence-corrected chi connectivity index (χ0v) is 10.9. The molecular weight excluding hydrogens is 259 g/mol. The lowest BCUT2D eigenvalue weighted by Crippen LogP contribution is -2.12. The molecule has 0 fully saturated rings. The fourth-order valence-corrected chi connectivity index (χ4v) is 2.50. The molecule has 1 N–H and O–H groups in total. The van der Waals surface area contributed by atoms with Crippen LogP contribution in [0.15, 0.2) is 23.6 Å². The second kappa shape index (κ2) is 5.58. The zero-order chi connectivity index (χ0) is 12.3. The summed E-state index contributed by atoms with van der Waals surface area (Å²) in [5.74, 6) is -0.306. The number of rotatable bonds is 4. The van der Waals surface area contributed by atoms with Gasteiger partial charge in [-0.25, -0.2) is 9.37 Å². The summed E-state index contributed by atoms with van der Waals surface area (Å²) >= 11 is 7.39. The van der Waals surface area contributed by atoms with Gasteiger partial charge in [0.15, 0.2) is 0 Å². The normalized spacial score (nSPS) is 10.8. The molecule has 17 heavy (non-hydrogen) atoms. The minimum atomic E-state index is -0.306. The highest BCUT2D eigenvalue weighted by atomic mass is 35.5. The molecular formula is C12H12ClFN2S. The molecule has 0 unspecified atom stereocenters. The van der Waals surface area contributed by atoms with Gasteiger partial charge < -0.3 is 5.32 Å². The highest BCUT2D eigenvalue weighted by Crippen LogP contribution is 2.14. The number of benzene rings is 1. The first-order valence-corrected chi connectivity index (χ1v) is 6.46. The molecule has 0 radical (unpaired) electrons. The van der Waals surface area contributed by atoms with E-state index in [4.69, 9.17) is 11.6 Å². The number of nitrogens with one attached hydrogen (secondary N) is 1. The van der Waals surface area contributed by atoms with E-state index < -0.39 is 0 Å². The van der Waals surface area contributed by atoms with Gasteiger partial charge in [0.25, 0.3) is 0 Å². The minimum absolute atomic E-state index is 0.306. The first-order chi connectivity index (χ1) is 8.13. The molecule has 2 rings (SSSR count). The number of thiazole rings is 1. The van der Waals surface area contributed by atoms with Gasteiger partial charge in [0.05, 0.1) is 0 Å². The van der Waals surface area contributed by atoms with E-state index in [1.165, 1.54) is 12.1 Å². The molecule has 2 nitrogen and oxygen atoms in total. The predicted octanol–water partition coefficient (Wildman–Crippen LogP) is 3.53. The van der Waals surface area contributed by atoms with Gasteiger partial charge in [0, 0.05) is 29.2 Å². The number of hydrogen-bond donors (Lipinski definition) is 1. The van der Waals surface area contributed by atoms with E-state index in [-0.39, 0.29) is 5.82 Å². The Balaban J connectivity index is 1.89. The molecule has 0 spiro atoms. The van der Waals surface area contributed by atoms with Crippen LogP contribution >= 0.6 is 22.9 Å². The smallest absolute Gasteiger partial charge is 0.125 e. The fourth-order valence-electron chi connectivity index (χ4n) is 1.51. The van der Waals surface area contributed by atoms with Crippen molar-refractivity contribution in [2.45, 2.75) is 20.0 Å². The van der Waals surface area contributed by atoms with Crippen molar-refractivity contribution in [3.63, 3.8) is 0 Å². The molecule has 5 heteroatoms. The van der Waals surface area contributed by atoms with Crippen molar-refractivity contribution in [1.82, 2.24) is 10.3 Å². The Morgan fingerprint density at radius 2 is 2.18 bits per heavy atom. The van der Waals surface area contributed by atoms with Crippen LogP contribution in [0.2, 0.25) is 5.02 Å². The Hall–Kier alpha value is -0.970.